The summed E-state index contributed by atoms with van der Waals surface area (Å²) in [5, 5.41) is 18.5. The van der Waals surface area contributed by atoms with E-state index in [9.17, 15) is 13.2 Å². The van der Waals surface area contributed by atoms with Crippen LogP contribution in [0.1, 0.15) is 20.8 Å². The molecule has 0 radical (unpaired) electrons. The first-order chi connectivity index (χ1) is 8.16. The van der Waals surface area contributed by atoms with Crippen LogP contribution in [0.5, 0.6) is 0 Å². The van der Waals surface area contributed by atoms with E-state index in [0.717, 1.165) is 11.3 Å². The lowest BCUT2D eigenvalue weighted by atomic mass is 10.1. The highest BCUT2D eigenvalue weighted by Gasteiger charge is 2.28. The Labute approximate surface area is 108 Å². The van der Waals surface area contributed by atoms with Crippen LogP contribution in [-0.4, -0.2) is 41.8 Å². The quantitative estimate of drug-likeness (QED) is 0.632. The Morgan fingerprint density at radius 1 is 1.44 bits per heavy atom. The van der Waals surface area contributed by atoms with Crippen molar-refractivity contribution in [1.82, 2.24) is 14.9 Å². The molecule has 1 amide bonds. The molecule has 18 heavy (non-hydrogen) atoms. The molecular weight excluding hydrogens is 280 g/mol. The van der Waals surface area contributed by atoms with Crippen molar-refractivity contribution in [3.05, 3.63) is 0 Å². The second-order valence-corrected chi connectivity index (χ2v) is 7.04. The van der Waals surface area contributed by atoms with Crippen LogP contribution in [0.4, 0.5) is 5.13 Å². The Kier molecular flexibility index (Phi) is 4.37. The van der Waals surface area contributed by atoms with E-state index in [1.807, 2.05) is 0 Å². The van der Waals surface area contributed by atoms with Crippen molar-refractivity contribution < 1.29 is 18.3 Å². The minimum absolute atomic E-state index is 0.102. The zero-order valence-electron chi connectivity index (χ0n) is 10.1. The van der Waals surface area contributed by atoms with Gasteiger partial charge in [0, 0.05) is 6.92 Å². The van der Waals surface area contributed by atoms with E-state index in [-0.39, 0.29) is 22.0 Å². The zero-order chi connectivity index (χ0) is 14.0. The van der Waals surface area contributed by atoms with E-state index >= 15 is 0 Å². The molecule has 0 aliphatic carbocycles. The summed E-state index contributed by atoms with van der Waals surface area (Å²) >= 11 is 0.733. The highest BCUT2D eigenvalue weighted by atomic mass is 32.2. The van der Waals surface area contributed by atoms with Crippen LogP contribution in [0.25, 0.3) is 0 Å². The number of sulfonamides is 1. The summed E-state index contributed by atoms with van der Waals surface area (Å²) in [5.74, 6) is -0.362. The molecule has 0 unspecified atom stereocenters. The van der Waals surface area contributed by atoms with Crippen LogP contribution < -0.4 is 10.0 Å². The molecule has 0 spiro atoms. The van der Waals surface area contributed by atoms with E-state index in [0.29, 0.717) is 0 Å². The minimum Gasteiger partial charge on any atom is -0.394 e. The highest BCUT2D eigenvalue weighted by molar-refractivity contribution is 7.91. The molecule has 0 fully saturated rings. The summed E-state index contributed by atoms with van der Waals surface area (Å²) in [6.45, 7) is 3.98. The summed E-state index contributed by atoms with van der Waals surface area (Å²) in [6.07, 6.45) is 0. The maximum atomic E-state index is 11.9. The topological polar surface area (TPSA) is 121 Å². The second kappa shape index (κ2) is 5.26. The number of hydrogen-bond acceptors (Lipinski definition) is 7. The molecule has 0 aliphatic rings. The lowest BCUT2D eigenvalue weighted by molar-refractivity contribution is -0.114. The molecule has 1 aromatic rings. The maximum absolute atomic E-state index is 11.9. The smallest absolute Gasteiger partial charge is 0.270 e. The predicted octanol–water partition coefficient (Wildman–Crippen LogP) is -0.454. The van der Waals surface area contributed by atoms with Gasteiger partial charge in [-0.15, -0.1) is 10.2 Å². The Morgan fingerprint density at radius 3 is 2.56 bits per heavy atom. The van der Waals surface area contributed by atoms with E-state index < -0.39 is 15.6 Å². The molecule has 102 valence electrons. The van der Waals surface area contributed by atoms with Crippen LogP contribution >= 0.6 is 11.3 Å². The summed E-state index contributed by atoms with van der Waals surface area (Å²) in [7, 11) is -3.86. The zero-order valence-corrected chi connectivity index (χ0v) is 11.7. The molecule has 1 aromatic heterocycles. The molecule has 0 atom stereocenters. The highest BCUT2D eigenvalue weighted by Crippen LogP contribution is 2.21. The summed E-state index contributed by atoms with van der Waals surface area (Å²) < 4.78 is 25.8. The number of rotatable bonds is 5. The second-order valence-electron chi connectivity index (χ2n) is 4.20. The van der Waals surface area contributed by atoms with Crippen LogP contribution in [0, 0.1) is 0 Å². The summed E-state index contributed by atoms with van der Waals surface area (Å²) in [4.78, 5) is 10.8. The van der Waals surface area contributed by atoms with Crippen molar-refractivity contribution in [3.8, 4) is 0 Å². The normalized spacial score (nSPS) is 12.4. The molecule has 8 nitrogen and oxygen atoms in total. The third-order valence-electron chi connectivity index (χ3n) is 1.73. The van der Waals surface area contributed by atoms with Gasteiger partial charge in [0.15, 0.2) is 0 Å². The van der Waals surface area contributed by atoms with Gasteiger partial charge in [0.1, 0.15) is 0 Å². The number of carbonyl (C=O) groups excluding carboxylic acids is 1. The number of nitrogens with zero attached hydrogens (tertiary/aromatic N) is 2. The number of amides is 1. The van der Waals surface area contributed by atoms with Gasteiger partial charge in [-0.3, -0.25) is 4.79 Å². The fourth-order valence-electron chi connectivity index (χ4n) is 0.959. The average Bonchev–Trinajstić information content (AvgIpc) is 2.64. The van der Waals surface area contributed by atoms with Crippen LogP contribution in [0.15, 0.2) is 4.34 Å². The molecule has 0 aromatic carbocycles. The maximum Gasteiger partial charge on any atom is 0.270 e. The lowest BCUT2D eigenvalue weighted by Gasteiger charge is -2.21. The summed E-state index contributed by atoms with van der Waals surface area (Å²) in [5.41, 5.74) is -1.00. The average molecular weight is 294 g/mol. The van der Waals surface area contributed by atoms with Gasteiger partial charge in [-0.2, -0.15) is 0 Å². The van der Waals surface area contributed by atoms with E-state index in [2.05, 4.69) is 20.2 Å². The summed E-state index contributed by atoms with van der Waals surface area (Å²) in [6, 6.07) is 0. The first-order valence-electron chi connectivity index (χ1n) is 4.92. The van der Waals surface area contributed by atoms with Gasteiger partial charge in [-0.1, -0.05) is 11.3 Å². The van der Waals surface area contributed by atoms with Crippen molar-refractivity contribution in [1.29, 1.82) is 0 Å². The van der Waals surface area contributed by atoms with Crippen LogP contribution in [-0.2, 0) is 14.8 Å². The SMILES string of the molecule is CC(=O)Nc1nnc(S(=O)(=O)NC(C)(C)CO)s1. The monoisotopic (exact) mass is 294 g/mol. The number of aliphatic hydroxyl groups is 1. The number of hydrogen-bond donors (Lipinski definition) is 3. The molecule has 0 saturated heterocycles. The first kappa shape index (κ1) is 15.0. The van der Waals surface area contributed by atoms with Gasteiger partial charge in [0.25, 0.3) is 10.0 Å². The van der Waals surface area contributed by atoms with Gasteiger partial charge in [-0.05, 0) is 13.8 Å². The lowest BCUT2D eigenvalue weighted by Crippen LogP contribution is -2.46. The standard InChI is InChI=1S/C8H14N4O4S2/c1-5(14)9-6-10-11-7(17-6)18(15,16)12-8(2,3)4-13/h12-13H,4H2,1-3H3,(H,9,10,14). The van der Waals surface area contributed by atoms with Gasteiger partial charge < -0.3 is 10.4 Å². The van der Waals surface area contributed by atoms with Crippen LogP contribution in [0.3, 0.4) is 0 Å². The van der Waals surface area contributed by atoms with Crippen molar-refractivity contribution in [3.63, 3.8) is 0 Å². The van der Waals surface area contributed by atoms with Crippen molar-refractivity contribution >= 4 is 32.4 Å². The number of carbonyl (C=O) groups is 1. The molecule has 1 heterocycles. The Morgan fingerprint density at radius 2 is 2.06 bits per heavy atom. The molecular formula is C8H14N4O4S2. The van der Waals surface area contributed by atoms with E-state index in [1.54, 1.807) is 0 Å². The number of aliphatic hydroxyl groups excluding tert-OH is 1. The third-order valence-corrected chi connectivity index (χ3v) is 4.63. The predicted molar refractivity (Wildman–Crippen MR) is 65.7 cm³/mol. The first-order valence-corrected chi connectivity index (χ1v) is 7.22. The van der Waals surface area contributed by atoms with E-state index in [1.165, 1.54) is 20.8 Å². The molecule has 0 saturated carbocycles. The van der Waals surface area contributed by atoms with Gasteiger partial charge in [-0.25, -0.2) is 13.1 Å². The Bertz CT molecular complexity index is 537. The number of anilines is 1. The number of aromatic nitrogens is 2. The molecule has 10 heteroatoms. The molecule has 0 bridgehead atoms. The van der Waals surface area contributed by atoms with Crippen molar-refractivity contribution in [2.75, 3.05) is 11.9 Å². The third kappa shape index (κ3) is 3.98. The molecule has 0 aliphatic heterocycles. The minimum atomic E-state index is -3.86. The van der Waals surface area contributed by atoms with Gasteiger partial charge in [0.05, 0.1) is 12.1 Å². The molecule has 3 N–H and O–H groups in total. The molecule has 1 rings (SSSR count). The van der Waals surface area contributed by atoms with Crippen molar-refractivity contribution in [2.45, 2.75) is 30.6 Å². The fourth-order valence-corrected chi connectivity index (χ4v) is 3.31. The van der Waals surface area contributed by atoms with Crippen LogP contribution in [0.2, 0.25) is 0 Å². The Balaban J connectivity index is 2.92. The van der Waals surface area contributed by atoms with E-state index in [4.69, 9.17) is 5.11 Å². The largest absolute Gasteiger partial charge is 0.394 e. The number of nitrogens with one attached hydrogen (secondary N) is 2. The Hall–Kier alpha value is -1.10. The fraction of sp³-hybridized carbons (Fsp3) is 0.625. The van der Waals surface area contributed by atoms with Gasteiger partial charge in [0.2, 0.25) is 15.4 Å². The van der Waals surface area contributed by atoms with Crippen molar-refractivity contribution in [2.24, 2.45) is 0 Å². The van der Waals surface area contributed by atoms with Gasteiger partial charge >= 0.3 is 0 Å².